The van der Waals surface area contributed by atoms with E-state index in [1.165, 1.54) is 6.92 Å². The van der Waals surface area contributed by atoms with Crippen LogP contribution in [-0.2, 0) is 14.3 Å². The number of para-hydroxylation sites is 1. The summed E-state index contributed by atoms with van der Waals surface area (Å²) in [5.41, 5.74) is 0.832. The number of pyridine rings is 1. The smallest absolute Gasteiger partial charge is 0.302 e. The SMILES string of the molecule is CC(=O)OCC1(C(=O)Nc2cccc3cccnc23)CCCCC1. The van der Waals surface area contributed by atoms with Gasteiger partial charge in [-0.15, -0.1) is 0 Å². The Bertz CT molecular complexity index is 746. The van der Waals surface area contributed by atoms with E-state index in [9.17, 15) is 9.59 Å². The van der Waals surface area contributed by atoms with Crippen molar-refractivity contribution in [3.05, 3.63) is 36.5 Å². The van der Waals surface area contributed by atoms with Crippen LogP contribution in [0.1, 0.15) is 39.0 Å². The van der Waals surface area contributed by atoms with Crippen LogP contribution >= 0.6 is 0 Å². The van der Waals surface area contributed by atoms with Gasteiger partial charge >= 0.3 is 5.97 Å². The zero-order valence-electron chi connectivity index (χ0n) is 13.9. The third kappa shape index (κ3) is 3.40. The van der Waals surface area contributed by atoms with Crippen molar-refractivity contribution in [2.75, 3.05) is 11.9 Å². The minimum Gasteiger partial charge on any atom is -0.465 e. The van der Waals surface area contributed by atoms with Crippen molar-refractivity contribution >= 4 is 28.5 Å². The van der Waals surface area contributed by atoms with Crippen LogP contribution in [0.25, 0.3) is 10.9 Å². The first kappa shape index (κ1) is 16.4. The number of anilines is 1. The van der Waals surface area contributed by atoms with Gasteiger partial charge in [0.25, 0.3) is 0 Å². The van der Waals surface area contributed by atoms with Crippen molar-refractivity contribution in [2.45, 2.75) is 39.0 Å². The lowest BCUT2D eigenvalue weighted by atomic mass is 9.74. The molecule has 1 saturated carbocycles. The summed E-state index contributed by atoms with van der Waals surface area (Å²) in [6, 6.07) is 9.56. The van der Waals surface area contributed by atoms with E-state index in [1.54, 1.807) is 6.20 Å². The van der Waals surface area contributed by atoms with Crippen LogP contribution in [0.2, 0.25) is 0 Å². The summed E-state index contributed by atoms with van der Waals surface area (Å²) in [5.74, 6) is -0.429. The molecule has 1 aromatic carbocycles. The van der Waals surface area contributed by atoms with Crippen LogP contribution in [0.3, 0.4) is 0 Å². The van der Waals surface area contributed by atoms with Gasteiger partial charge in [0.05, 0.1) is 16.6 Å². The molecular formula is C19H22N2O3. The van der Waals surface area contributed by atoms with Crippen LogP contribution in [0, 0.1) is 5.41 Å². The van der Waals surface area contributed by atoms with Crippen LogP contribution in [0.4, 0.5) is 5.69 Å². The minimum atomic E-state index is -0.638. The maximum atomic E-state index is 13.0. The van der Waals surface area contributed by atoms with E-state index in [2.05, 4.69) is 10.3 Å². The Hall–Kier alpha value is -2.43. The first-order valence-corrected chi connectivity index (χ1v) is 8.39. The molecule has 1 heterocycles. The van der Waals surface area contributed by atoms with Gasteiger partial charge in [-0.25, -0.2) is 0 Å². The Kier molecular flexibility index (Phi) is 4.79. The molecule has 1 aliphatic rings. The summed E-state index contributed by atoms with van der Waals surface area (Å²) in [6.07, 6.45) is 6.26. The lowest BCUT2D eigenvalue weighted by molar-refractivity contribution is -0.148. The maximum absolute atomic E-state index is 13.0. The predicted octanol–water partition coefficient (Wildman–Crippen LogP) is 3.69. The highest BCUT2D eigenvalue weighted by molar-refractivity contribution is 6.02. The van der Waals surface area contributed by atoms with Gasteiger partial charge in [-0.3, -0.25) is 14.6 Å². The van der Waals surface area contributed by atoms with Gasteiger partial charge in [-0.2, -0.15) is 0 Å². The van der Waals surface area contributed by atoms with E-state index in [-0.39, 0.29) is 18.5 Å². The van der Waals surface area contributed by atoms with Gasteiger partial charge in [0.1, 0.15) is 6.61 Å². The van der Waals surface area contributed by atoms with E-state index < -0.39 is 5.41 Å². The summed E-state index contributed by atoms with van der Waals surface area (Å²) in [7, 11) is 0. The quantitative estimate of drug-likeness (QED) is 0.870. The van der Waals surface area contributed by atoms with Crippen molar-refractivity contribution in [2.24, 2.45) is 5.41 Å². The molecule has 1 amide bonds. The van der Waals surface area contributed by atoms with E-state index in [1.807, 2.05) is 30.3 Å². The molecule has 0 aliphatic heterocycles. The number of benzene rings is 1. The number of esters is 1. The molecule has 0 saturated heterocycles. The molecule has 1 fully saturated rings. The van der Waals surface area contributed by atoms with Gasteiger partial charge < -0.3 is 10.1 Å². The van der Waals surface area contributed by atoms with Crippen LogP contribution in [-0.4, -0.2) is 23.5 Å². The summed E-state index contributed by atoms with van der Waals surface area (Å²) >= 11 is 0. The molecule has 0 atom stereocenters. The van der Waals surface area contributed by atoms with E-state index in [4.69, 9.17) is 4.74 Å². The topological polar surface area (TPSA) is 68.3 Å². The van der Waals surface area contributed by atoms with Gasteiger partial charge in [0.15, 0.2) is 0 Å². The van der Waals surface area contributed by atoms with Crippen molar-refractivity contribution in [1.82, 2.24) is 4.98 Å². The summed E-state index contributed by atoms with van der Waals surface area (Å²) in [6.45, 7) is 1.52. The molecular weight excluding hydrogens is 304 g/mol. The number of nitrogens with zero attached hydrogens (tertiary/aromatic N) is 1. The molecule has 1 N–H and O–H groups in total. The monoisotopic (exact) mass is 326 g/mol. The Morgan fingerprint density at radius 3 is 2.67 bits per heavy atom. The second-order valence-corrected chi connectivity index (χ2v) is 6.46. The van der Waals surface area contributed by atoms with Crippen molar-refractivity contribution in [3.63, 3.8) is 0 Å². The number of ether oxygens (including phenoxy) is 1. The van der Waals surface area contributed by atoms with E-state index >= 15 is 0 Å². The predicted molar refractivity (Wildman–Crippen MR) is 92.5 cm³/mol. The summed E-state index contributed by atoms with van der Waals surface area (Å²) < 4.78 is 5.22. The van der Waals surface area contributed by atoms with Crippen molar-refractivity contribution in [3.8, 4) is 0 Å². The second kappa shape index (κ2) is 6.99. The third-order valence-electron chi connectivity index (χ3n) is 4.72. The molecule has 1 aromatic heterocycles. The van der Waals surface area contributed by atoms with Gasteiger partial charge in [0.2, 0.25) is 5.91 Å². The average molecular weight is 326 g/mol. The van der Waals surface area contributed by atoms with Crippen molar-refractivity contribution < 1.29 is 14.3 Å². The lowest BCUT2D eigenvalue weighted by Crippen LogP contribution is -2.42. The number of hydrogen-bond donors (Lipinski definition) is 1. The molecule has 1 aliphatic carbocycles. The molecule has 0 unspecified atom stereocenters. The molecule has 3 rings (SSSR count). The fraction of sp³-hybridized carbons (Fsp3) is 0.421. The first-order valence-electron chi connectivity index (χ1n) is 8.39. The highest BCUT2D eigenvalue weighted by atomic mass is 16.5. The van der Waals surface area contributed by atoms with Crippen LogP contribution in [0.15, 0.2) is 36.5 Å². The number of amides is 1. The van der Waals surface area contributed by atoms with Crippen molar-refractivity contribution in [1.29, 1.82) is 0 Å². The van der Waals surface area contributed by atoms with Gasteiger partial charge in [0, 0.05) is 18.5 Å². The Labute approximate surface area is 141 Å². The molecule has 0 radical (unpaired) electrons. The highest BCUT2D eigenvalue weighted by Crippen LogP contribution is 2.38. The van der Waals surface area contributed by atoms with Crippen LogP contribution in [0.5, 0.6) is 0 Å². The number of nitrogens with one attached hydrogen (secondary N) is 1. The number of carbonyl (C=O) groups is 2. The Morgan fingerprint density at radius 2 is 1.92 bits per heavy atom. The molecule has 5 nitrogen and oxygen atoms in total. The zero-order chi connectivity index (χ0) is 17.0. The largest absolute Gasteiger partial charge is 0.465 e. The molecule has 2 aromatic rings. The molecule has 0 bridgehead atoms. The zero-order valence-corrected chi connectivity index (χ0v) is 13.9. The normalized spacial score (nSPS) is 16.5. The summed E-state index contributed by atoms with van der Waals surface area (Å²) in [5, 5.41) is 4.01. The highest BCUT2D eigenvalue weighted by Gasteiger charge is 2.41. The number of hydrogen-bond acceptors (Lipinski definition) is 4. The number of carbonyl (C=O) groups excluding carboxylic acids is 2. The van der Waals surface area contributed by atoms with E-state index in [0.29, 0.717) is 5.69 Å². The molecule has 5 heteroatoms. The van der Waals surface area contributed by atoms with Gasteiger partial charge in [-0.05, 0) is 25.0 Å². The number of fused-ring (bicyclic) bond motifs is 1. The molecule has 126 valence electrons. The first-order chi connectivity index (χ1) is 11.6. The number of rotatable bonds is 4. The Morgan fingerprint density at radius 1 is 1.17 bits per heavy atom. The van der Waals surface area contributed by atoms with Crippen LogP contribution < -0.4 is 5.32 Å². The second-order valence-electron chi connectivity index (χ2n) is 6.46. The average Bonchev–Trinajstić information content (AvgIpc) is 2.61. The molecule has 24 heavy (non-hydrogen) atoms. The fourth-order valence-corrected chi connectivity index (χ4v) is 3.37. The maximum Gasteiger partial charge on any atom is 0.302 e. The minimum absolute atomic E-state index is 0.0818. The van der Waals surface area contributed by atoms with E-state index in [0.717, 1.165) is 43.0 Å². The number of aromatic nitrogens is 1. The van der Waals surface area contributed by atoms with Gasteiger partial charge in [-0.1, -0.05) is 37.5 Å². The third-order valence-corrected chi connectivity index (χ3v) is 4.72. The lowest BCUT2D eigenvalue weighted by Gasteiger charge is -2.35. The molecule has 0 spiro atoms. The fourth-order valence-electron chi connectivity index (χ4n) is 3.37. The standard InChI is InChI=1S/C19H22N2O3/c1-14(22)24-13-19(10-3-2-4-11-19)18(23)21-16-9-5-7-15-8-6-12-20-17(15)16/h5-9,12H,2-4,10-11,13H2,1H3,(H,21,23). The Balaban J connectivity index is 1.85. The summed E-state index contributed by atoms with van der Waals surface area (Å²) in [4.78, 5) is 28.6.